The van der Waals surface area contributed by atoms with Gasteiger partial charge >= 0.3 is 0 Å². The van der Waals surface area contributed by atoms with Crippen LogP contribution in [0.2, 0.25) is 5.02 Å². The van der Waals surface area contributed by atoms with Crippen molar-refractivity contribution in [2.75, 3.05) is 5.01 Å². The zero-order valence-electron chi connectivity index (χ0n) is 20.2. The third-order valence-corrected chi connectivity index (χ3v) is 6.98. The number of anilines is 1. The fourth-order valence-corrected chi connectivity index (χ4v) is 5.00. The molecule has 0 unspecified atom stereocenters. The number of rotatable bonds is 4. The number of aryl methyl sites for hydroxylation is 2. The normalized spacial score (nSPS) is 15.4. The van der Waals surface area contributed by atoms with Crippen molar-refractivity contribution in [3.63, 3.8) is 0 Å². The van der Waals surface area contributed by atoms with Gasteiger partial charge in [-0.05, 0) is 48.7 Å². The standard InChI is InChI=1S/C31H25ClN4/c1-20-12-14-22(15-13-20)28-19-29(25-11-7-6-8-21(25)2)36(35-28)31-33-27-17-16-24(32)18-26(27)30(34-31)23-9-4-3-5-10-23/h3-18,29H,19H2,1-2H3/t29-/m1/s1. The highest BCUT2D eigenvalue weighted by Crippen LogP contribution is 2.38. The molecular weight excluding hydrogens is 464 g/mol. The summed E-state index contributed by atoms with van der Waals surface area (Å²) >= 11 is 6.38. The first-order chi connectivity index (χ1) is 17.6. The van der Waals surface area contributed by atoms with E-state index in [0.717, 1.165) is 39.9 Å². The van der Waals surface area contributed by atoms with Gasteiger partial charge < -0.3 is 0 Å². The molecule has 0 N–H and O–H groups in total. The van der Waals surface area contributed by atoms with Gasteiger partial charge in [0.2, 0.25) is 5.95 Å². The van der Waals surface area contributed by atoms with E-state index in [4.69, 9.17) is 26.7 Å². The summed E-state index contributed by atoms with van der Waals surface area (Å²) in [4.78, 5) is 10.1. The quantitative estimate of drug-likeness (QED) is 0.258. The first-order valence-electron chi connectivity index (χ1n) is 12.1. The molecule has 1 aliphatic rings. The third-order valence-electron chi connectivity index (χ3n) is 6.74. The van der Waals surface area contributed by atoms with Crippen LogP contribution < -0.4 is 5.01 Å². The van der Waals surface area contributed by atoms with Crippen molar-refractivity contribution < 1.29 is 0 Å². The van der Waals surface area contributed by atoms with E-state index in [1.165, 1.54) is 16.7 Å². The molecule has 0 saturated heterocycles. The maximum Gasteiger partial charge on any atom is 0.247 e. The fourth-order valence-electron chi connectivity index (χ4n) is 4.83. The fraction of sp³-hybridized carbons (Fsp3) is 0.129. The SMILES string of the molecule is Cc1ccc(C2=NN(c3nc(-c4ccccc4)c4cc(Cl)ccc4n3)[C@@H](c3ccccc3C)C2)cc1. The number of halogens is 1. The average Bonchev–Trinajstić information content (AvgIpc) is 3.34. The topological polar surface area (TPSA) is 41.4 Å². The molecule has 0 radical (unpaired) electrons. The Morgan fingerprint density at radius 1 is 0.778 bits per heavy atom. The van der Waals surface area contributed by atoms with Crippen LogP contribution in [0.3, 0.4) is 0 Å². The lowest BCUT2D eigenvalue weighted by Gasteiger charge is -2.24. The Kier molecular flexibility index (Phi) is 5.74. The summed E-state index contributed by atoms with van der Waals surface area (Å²) in [5.74, 6) is 0.582. The minimum atomic E-state index is -0.00382. The number of hydrogen-bond donors (Lipinski definition) is 0. The number of hydrogen-bond acceptors (Lipinski definition) is 4. The minimum Gasteiger partial charge on any atom is -0.223 e. The van der Waals surface area contributed by atoms with Crippen molar-refractivity contribution in [2.24, 2.45) is 5.10 Å². The summed E-state index contributed by atoms with van der Waals surface area (Å²) in [6.07, 6.45) is 0.774. The molecule has 176 valence electrons. The highest BCUT2D eigenvalue weighted by molar-refractivity contribution is 6.31. The van der Waals surface area contributed by atoms with Gasteiger partial charge in [-0.3, -0.25) is 0 Å². The second-order valence-corrected chi connectivity index (χ2v) is 9.67. The van der Waals surface area contributed by atoms with Crippen molar-refractivity contribution >= 4 is 34.2 Å². The summed E-state index contributed by atoms with van der Waals surface area (Å²) in [5, 5.41) is 8.70. The molecule has 2 heterocycles. The number of hydrazone groups is 1. The summed E-state index contributed by atoms with van der Waals surface area (Å²) < 4.78 is 0. The molecule has 36 heavy (non-hydrogen) atoms. The van der Waals surface area contributed by atoms with Crippen LogP contribution in [0.15, 0.2) is 102 Å². The zero-order chi connectivity index (χ0) is 24.6. The Hall–Kier alpha value is -4.02. The predicted octanol–water partition coefficient (Wildman–Crippen LogP) is 7.92. The molecule has 6 rings (SSSR count). The highest BCUT2D eigenvalue weighted by atomic mass is 35.5. The third kappa shape index (κ3) is 4.14. The Labute approximate surface area is 215 Å². The summed E-state index contributed by atoms with van der Waals surface area (Å²) in [6.45, 7) is 4.25. The van der Waals surface area contributed by atoms with E-state index < -0.39 is 0 Å². The van der Waals surface area contributed by atoms with Gasteiger partial charge in [0.25, 0.3) is 0 Å². The van der Waals surface area contributed by atoms with Crippen molar-refractivity contribution in [3.8, 4) is 11.3 Å². The summed E-state index contributed by atoms with van der Waals surface area (Å²) in [5.41, 5.74) is 8.54. The molecule has 0 bridgehead atoms. The van der Waals surface area contributed by atoms with E-state index in [0.29, 0.717) is 11.0 Å². The maximum absolute atomic E-state index is 6.38. The molecule has 0 amide bonds. The average molecular weight is 489 g/mol. The molecule has 1 aromatic heterocycles. The predicted molar refractivity (Wildman–Crippen MR) is 149 cm³/mol. The van der Waals surface area contributed by atoms with E-state index >= 15 is 0 Å². The molecule has 4 nitrogen and oxygen atoms in total. The lowest BCUT2D eigenvalue weighted by Crippen LogP contribution is -2.22. The molecule has 0 spiro atoms. The van der Waals surface area contributed by atoms with Crippen molar-refractivity contribution in [1.82, 2.24) is 9.97 Å². The van der Waals surface area contributed by atoms with Gasteiger partial charge in [0, 0.05) is 22.4 Å². The molecule has 0 saturated carbocycles. The van der Waals surface area contributed by atoms with Crippen LogP contribution in [0.4, 0.5) is 5.95 Å². The molecule has 0 aliphatic carbocycles. The van der Waals surface area contributed by atoms with Gasteiger partial charge in [-0.25, -0.2) is 15.0 Å². The number of benzene rings is 4. The van der Waals surface area contributed by atoms with Gasteiger partial charge in [0.15, 0.2) is 0 Å². The molecule has 1 atom stereocenters. The van der Waals surface area contributed by atoms with Crippen LogP contribution in [0, 0.1) is 13.8 Å². The monoisotopic (exact) mass is 488 g/mol. The van der Waals surface area contributed by atoms with E-state index in [1.807, 2.05) is 41.4 Å². The van der Waals surface area contributed by atoms with Crippen molar-refractivity contribution in [1.29, 1.82) is 0 Å². The maximum atomic E-state index is 6.38. The Morgan fingerprint density at radius 2 is 1.53 bits per heavy atom. The molecule has 1 aliphatic heterocycles. The van der Waals surface area contributed by atoms with Gasteiger partial charge in [-0.15, -0.1) is 0 Å². The van der Waals surface area contributed by atoms with E-state index in [2.05, 4.69) is 74.5 Å². The summed E-state index contributed by atoms with van der Waals surface area (Å²) in [6, 6.07) is 33.0. The van der Waals surface area contributed by atoms with Crippen LogP contribution in [-0.4, -0.2) is 15.7 Å². The molecular formula is C31H25ClN4. The Bertz CT molecular complexity index is 1590. The number of fused-ring (bicyclic) bond motifs is 1. The van der Waals surface area contributed by atoms with E-state index in [1.54, 1.807) is 0 Å². The van der Waals surface area contributed by atoms with Crippen LogP contribution in [-0.2, 0) is 0 Å². The molecule has 4 aromatic carbocycles. The van der Waals surface area contributed by atoms with Crippen LogP contribution in [0.25, 0.3) is 22.2 Å². The van der Waals surface area contributed by atoms with Crippen molar-refractivity contribution in [3.05, 3.63) is 124 Å². The largest absolute Gasteiger partial charge is 0.247 e. The first-order valence-corrected chi connectivity index (χ1v) is 12.5. The molecule has 5 aromatic rings. The number of nitrogens with zero attached hydrogens (tertiary/aromatic N) is 4. The molecule has 5 heteroatoms. The van der Waals surface area contributed by atoms with Gasteiger partial charge in [0.05, 0.1) is 23.0 Å². The number of aromatic nitrogens is 2. The van der Waals surface area contributed by atoms with Crippen LogP contribution >= 0.6 is 11.6 Å². The first kappa shape index (κ1) is 22.4. The minimum absolute atomic E-state index is 0.00382. The lowest BCUT2D eigenvalue weighted by molar-refractivity contribution is 0.685. The molecule has 0 fully saturated rings. The van der Waals surface area contributed by atoms with Gasteiger partial charge in [-0.2, -0.15) is 5.10 Å². The smallest absolute Gasteiger partial charge is 0.223 e. The zero-order valence-corrected chi connectivity index (χ0v) is 20.9. The lowest BCUT2D eigenvalue weighted by atomic mass is 9.95. The van der Waals surface area contributed by atoms with Crippen LogP contribution in [0.5, 0.6) is 0 Å². The summed E-state index contributed by atoms with van der Waals surface area (Å²) in [7, 11) is 0. The second-order valence-electron chi connectivity index (χ2n) is 9.23. The van der Waals surface area contributed by atoms with Crippen LogP contribution in [0.1, 0.15) is 34.7 Å². The van der Waals surface area contributed by atoms with Gasteiger partial charge in [0.1, 0.15) is 0 Å². The Balaban J connectivity index is 1.55. The van der Waals surface area contributed by atoms with E-state index in [-0.39, 0.29) is 6.04 Å². The van der Waals surface area contributed by atoms with Crippen molar-refractivity contribution in [2.45, 2.75) is 26.3 Å². The highest BCUT2D eigenvalue weighted by Gasteiger charge is 2.33. The van der Waals surface area contributed by atoms with Gasteiger partial charge in [-0.1, -0.05) is 96.0 Å². The second kappa shape index (κ2) is 9.21. The van der Waals surface area contributed by atoms with E-state index in [9.17, 15) is 0 Å². The Morgan fingerprint density at radius 3 is 2.31 bits per heavy atom.